The Kier molecular flexibility index (Phi) is 10.8. The summed E-state index contributed by atoms with van der Waals surface area (Å²) >= 11 is 0. The van der Waals surface area contributed by atoms with Crippen molar-refractivity contribution in [2.24, 2.45) is 7.05 Å². The fourth-order valence-electron chi connectivity index (χ4n) is 6.42. The average molecular weight is 808 g/mol. The van der Waals surface area contributed by atoms with Crippen molar-refractivity contribution in [3.8, 4) is 17.0 Å². The van der Waals surface area contributed by atoms with Gasteiger partial charge in [-0.05, 0) is 53.5 Å². The second-order valence-electron chi connectivity index (χ2n) is 18.0. The van der Waals surface area contributed by atoms with Crippen LogP contribution < -0.4 is 15.8 Å². The van der Waals surface area contributed by atoms with Crippen LogP contribution in [-0.4, -0.2) is 69.5 Å². The molecule has 1 aliphatic heterocycles. The van der Waals surface area contributed by atoms with Gasteiger partial charge < -0.3 is 28.6 Å². The first-order chi connectivity index (χ1) is 26.8. The summed E-state index contributed by atoms with van der Waals surface area (Å²) in [5, 5.41) is 3.54. The molecule has 302 valence electrons. The molecule has 1 aliphatic rings. The van der Waals surface area contributed by atoms with E-state index < -0.39 is 22.9 Å². The summed E-state index contributed by atoms with van der Waals surface area (Å²) < 4.78 is 31.2. The molecule has 13 nitrogen and oxygen atoms in total. The lowest BCUT2D eigenvalue weighted by molar-refractivity contribution is -0.0376. The summed E-state index contributed by atoms with van der Waals surface area (Å²) in [6.07, 6.45) is 1.25. The largest absolute Gasteiger partial charge is 0.471 e. The molecule has 3 atom stereocenters. The Morgan fingerprint density at radius 3 is 2.18 bits per heavy atom. The van der Waals surface area contributed by atoms with Crippen molar-refractivity contribution in [1.82, 2.24) is 34.1 Å². The Morgan fingerprint density at radius 1 is 0.842 bits per heavy atom. The van der Waals surface area contributed by atoms with Crippen LogP contribution in [0, 0.1) is 0 Å². The van der Waals surface area contributed by atoms with Crippen LogP contribution in [0.2, 0.25) is 36.3 Å². The van der Waals surface area contributed by atoms with E-state index in [1.807, 2.05) is 70.9 Å². The molecule has 0 unspecified atom stereocenters. The van der Waals surface area contributed by atoms with Crippen molar-refractivity contribution in [2.45, 2.75) is 109 Å². The number of benzene rings is 2. The maximum atomic E-state index is 7.16. The summed E-state index contributed by atoms with van der Waals surface area (Å²) in [6.45, 7) is 23.3. The van der Waals surface area contributed by atoms with Crippen LogP contribution in [0.1, 0.15) is 59.8 Å². The zero-order valence-electron chi connectivity index (χ0n) is 35.1. The fraction of sp³-hybridized carbons (Fsp3) is 0.452. The molecule has 0 saturated carbocycles. The molecular formula is C42H57N9O4Si2. The van der Waals surface area contributed by atoms with E-state index in [1.54, 1.807) is 0 Å². The predicted molar refractivity (Wildman–Crippen MR) is 231 cm³/mol. The summed E-state index contributed by atoms with van der Waals surface area (Å²) in [5.41, 5.74) is 11.8. The topological polar surface area (TPSA) is 149 Å². The van der Waals surface area contributed by atoms with E-state index in [1.165, 1.54) is 0 Å². The second-order valence-corrected chi connectivity index (χ2v) is 27.6. The highest BCUT2D eigenvalue weighted by molar-refractivity contribution is 6.74. The van der Waals surface area contributed by atoms with Gasteiger partial charge in [-0.1, -0.05) is 102 Å². The van der Waals surface area contributed by atoms with E-state index in [4.69, 9.17) is 44.0 Å². The normalized spacial score (nSPS) is 18.1. The summed E-state index contributed by atoms with van der Waals surface area (Å²) in [4.78, 5) is 24.0. The number of nitrogens with two attached hydrogens (primary N) is 1. The number of imidazole rings is 2. The molecule has 5 heterocycles. The van der Waals surface area contributed by atoms with Gasteiger partial charge in [0.25, 0.3) is 0 Å². The first-order valence-electron chi connectivity index (χ1n) is 19.7. The van der Waals surface area contributed by atoms with E-state index in [2.05, 4.69) is 96.2 Å². The minimum absolute atomic E-state index is 0.00830. The van der Waals surface area contributed by atoms with Crippen LogP contribution in [0.25, 0.3) is 33.5 Å². The number of nitrogen functional groups attached to an aromatic ring is 1. The number of nitrogens with one attached hydrogen (secondary N) is 1. The van der Waals surface area contributed by atoms with Gasteiger partial charge in [-0.15, -0.1) is 0 Å². The second kappa shape index (κ2) is 15.2. The molecule has 7 rings (SSSR count). The van der Waals surface area contributed by atoms with Crippen molar-refractivity contribution in [1.29, 1.82) is 0 Å². The number of hydrogen-bond donors (Lipinski definition) is 2. The van der Waals surface area contributed by atoms with E-state index in [0.29, 0.717) is 41.7 Å². The van der Waals surface area contributed by atoms with Crippen molar-refractivity contribution >= 4 is 56.8 Å². The van der Waals surface area contributed by atoms with Gasteiger partial charge in [0.15, 0.2) is 33.4 Å². The van der Waals surface area contributed by atoms with E-state index in [9.17, 15) is 0 Å². The quantitative estimate of drug-likeness (QED) is 0.114. The van der Waals surface area contributed by atoms with Gasteiger partial charge in [-0.3, -0.25) is 9.88 Å². The predicted octanol–water partition coefficient (Wildman–Crippen LogP) is 9.38. The number of hydrogen-bond acceptors (Lipinski definition) is 11. The molecule has 6 aromatic rings. The van der Waals surface area contributed by atoms with Crippen LogP contribution in [0.5, 0.6) is 5.88 Å². The molecule has 3 N–H and O–H groups in total. The first kappa shape index (κ1) is 40.5. The minimum Gasteiger partial charge on any atom is -0.471 e. The van der Waals surface area contributed by atoms with Gasteiger partial charge in [-0.25, -0.2) is 9.97 Å². The Morgan fingerprint density at radius 2 is 1.51 bits per heavy atom. The molecule has 1 fully saturated rings. The summed E-state index contributed by atoms with van der Waals surface area (Å²) in [7, 11) is -2.40. The number of rotatable bonds is 12. The zero-order valence-corrected chi connectivity index (χ0v) is 37.1. The third kappa shape index (κ3) is 8.34. The average Bonchev–Trinajstić information content (AvgIpc) is 3.81. The highest BCUT2D eigenvalue weighted by Crippen LogP contribution is 2.44. The number of aromatic nitrogens is 7. The van der Waals surface area contributed by atoms with E-state index in [0.717, 1.165) is 22.2 Å². The highest BCUT2D eigenvalue weighted by atomic mass is 28.4. The number of fused-ring (bicyclic) bond motifs is 2. The number of ether oxygens (including phenoxy) is 2. The number of aryl methyl sites for hydroxylation is 1. The van der Waals surface area contributed by atoms with Crippen molar-refractivity contribution < 1.29 is 18.3 Å². The van der Waals surface area contributed by atoms with Crippen molar-refractivity contribution in [2.75, 3.05) is 17.7 Å². The van der Waals surface area contributed by atoms with E-state index >= 15 is 0 Å². The fourth-order valence-corrected chi connectivity index (χ4v) is 8.79. The maximum absolute atomic E-state index is 7.16. The highest BCUT2D eigenvalue weighted by Gasteiger charge is 2.47. The number of nitrogens with zero attached hydrogens (tertiary/aromatic N) is 7. The Balaban J connectivity index is 1.31. The van der Waals surface area contributed by atoms with Crippen LogP contribution >= 0.6 is 0 Å². The smallest absolute Gasteiger partial charge is 0.247 e. The zero-order chi connectivity index (χ0) is 40.9. The standard InChI is InChI=1S/C42H57N9O4Si2/c1-41(2,3)56(8,9)53-26-32-31(55-57(10,11)42(4,5)6)23-33(54-32)51-36-34(37(48-38(43)47-36)52-25-27-18-14-12-15-19-27)45-40(51)49-39-46-35-30(50(39)7)22-29(24-44-35)28-20-16-13-17-21-28/h12-22,24,31-33H,23,25-26H2,1-11H3,(H2,43,47,48)(H,44,45,46,49)/t31-,32+,33+/m0/s1. The SMILES string of the molecule is Cn1c(Nc2nc3c(OCc4ccccc4)nc(N)nc3n2[C@H]2C[C@H](O[Si](C)(C)C(C)(C)C)[C@@H](CO[Si](C)(C)C(C)(C)C)O2)nc2ncc(-c3ccccc3)cc21. The van der Waals surface area contributed by atoms with Gasteiger partial charge >= 0.3 is 0 Å². The van der Waals surface area contributed by atoms with Crippen LogP contribution in [-0.2, 0) is 27.2 Å². The minimum atomic E-state index is -2.23. The van der Waals surface area contributed by atoms with E-state index in [-0.39, 0.29) is 40.7 Å². The Bertz CT molecular complexity index is 2350. The molecule has 57 heavy (non-hydrogen) atoms. The maximum Gasteiger partial charge on any atom is 0.247 e. The Hall–Kier alpha value is -4.68. The Labute approximate surface area is 337 Å². The van der Waals surface area contributed by atoms with Crippen LogP contribution in [0.15, 0.2) is 72.9 Å². The van der Waals surface area contributed by atoms with Crippen LogP contribution in [0.3, 0.4) is 0 Å². The molecular weight excluding hydrogens is 751 g/mol. The van der Waals surface area contributed by atoms with Crippen molar-refractivity contribution in [3.63, 3.8) is 0 Å². The lowest BCUT2D eigenvalue weighted by atomic mass is 10.1. The molecule has 15 heteroatoms. The molecule has 0 radical (unpaired) electrons. The molecule has 4 aromatic heterocycles. The molecule has 1 saturated heterocycles. The van der Waals surface area contributed by atoms with Crippen LogP contribution in [0.4, 0.5) is 17.8 Å². The third-order valence-corrected chi connectivity index (χ3v) is 21.0. The van der Waals surface area contributed by atoms with Gasteiger partial charge in [0.1, 0.15) is 18.9 Å². The first-order valence-corrected chi connectivity index (χ1v) is 25.5. The van der Waals surface area contributed by atoms with Crippen molar-refractivity contribution in [3.05, 3.63) is 78.5 Å². The van der Waals surface area contributed by atoms with Gasteiger partial charge in [0.2, 0.25) is 23.7 Å². The molecule has 0 bridgehead atoms. The van der Waals surface area contributed by atoms with Gasteiger partial charge in [0.05, 0.1) is 18.2 Å². The monoisotopic (exact) mass is 807 g/mol. The molecule has 0 amide bonds. The molecule has 0 spiro atoms. The molecule has 2 aromatic carbocycles. The number of pyridine rings is 1. The lowest BCUT2D eigenvalue weighted by Crippen LogP contribution is -2.48. The summed E-state index contributed by atoms with van der Waals surface area (Å²) in [5.74, 6) is 1.31. The summed E-state index contributed by atoms with van der Waals surface area (Å²) in [6, 6.07) is 22.2. The van der Waals surface area contributed by atoms with Gasteiger partial charge in [-0.2, -0.15) is 15.0 Å². The lowest BCUT2D eigenvalue weighted by Gasteiger charge is -2.40. The third-order valence-electron chi connectivity index (χ3n) is 11.9. The number of anilines is 3. The molecule has 0 aliphatic carbocycles. The van der Waals surface area contributed by atoms with Gasteiger partial charge in [0, 0.05) is 25.2 Å².